The second kappa shape index (κ2) is 8.66. The molecule has 24 heavy (non-hydrogen) atoms. The summed E-state index contributed by atoms with van der Waals surface area (Å²) in [6.45, 7) is 2.26. The number of aliphatic hydroxyl groups is 1. The summed E-state index contributed by atoms with van der Waals surface area (Å²) in [7, 11) is 1.70. The molecule has 3 rings (SSSR count). The van der Waals surface area contributed by atoms with Crippen molar-refractivity contribution < 1.29 is 9.90 Å². The van der Waals surface area contributed by atoms with E-state index in [1.165, 1.54) is 0 Å². The minimum atomic E-state index is -0.601. The maximum absolute atomic E-state index is 12.2. The molecule has 7 heteroatoms. The first-order chi connectivity index (χ1) is 11.2. The molecule has 0 spiro atoms. The molecule has 6 nitrogen and oxygen atoms in total. The zero-order valence-electron chi connectivity index (χ0n) is 13.9. The van der Waals surface area contributed by atoms with Gasteiger partial charge >= 0.3 is 0 Å². The Hall–Kier alpha value is -1.35. The highest BCUT2D eigenvalue weighted by atomic mass is 127. The Morgan fingerprint density at radius 2 is 2.04 bits per heavy atom. The van der Waals surface area contributed by atoms with Crippen molar-refractivity contribution in [3.8, 4) is 0 Å². The van der Waals surface area contributed by atoms with E-state index in [2.05, 4.69) is 10.3 Å². The zero-order chi connectivity index (χ0) is 16.2. The van der Waals surface area contributed by atoms with Crippen LogP contribution in [0.4, 0.5) is 0 Å². The van der Waals surface area contributed by atoms with Crippen LogP contribution >= 0.6 is 24.0 Å². The molecule has 0 radical (unpaired) electrons. The van der Waals surface area contributed by atoms with Gasteiger partial charge in [-0.15, -0.1) is 24.0 Å². The molecule has 2 aliphatic rings. The normalized spacial score (nSPS) is 19.8. The van der Waals surface area contributed by atoms with E-state index in [-0.39, 0.29) is 29.9 Å². The molecule has 1 aromatic rings. The van der Waals surface area contributed by atoms with Crippen LogP contribution in [0.25, 0.3) is 0 Å². The van der Waals surface area contributed by atoms with E-state index in [0.29, 0.717) is 25.1 Å². The van der Waals surface area contributed by atoms with Gasteiger partial charge in [0.25, 0.3) is 0 Å². The number of halogens is 1. The van der Waals surface area contributed by atoms with Gasteiger partial charge in [0.1, 0.15) is 0 Å². The molecule has 1 unspecified atom stereocenters. The van der Waals surface area contributed by atoms with E-state index in [1.54, 1.807) is 7.05 Å². The summed E-state index contributed by atoms with van der Waals surface area (Å²) < 4.78 is 0. The molecule has 0 aromatic heterocycles. The quantitative estimate of drug-likeness (QED) is 0.417. The van der Waals surface area contributed by atoms with Gasteiger partial charge in [-0.3, -0.25) is 9.79 Å². The van der Waals surface area contributed by atoms with Gasteiger partial charge in [-0.2, -0.15) is 0 Å². The smallest absolute Gasteiger partial charge is 0.242 e. The molecule has 2 fully saturated rings. The van der Waals surface area contributed by atoms with Crippen molar-refractivity contribution in [1.82, 2.24) is 15.1 Å². The fraction of sp³-hybridized carbons (Fsp3) is 0.529. The van der Waals surface area contributed by atoms with Gasteiger partial charge in [0.2, 0.25) is 5.91 Å². The van der Waals surface area contributed by atoms with Gasteiger partial charge in [0.15, 0.2) is 5.96 Å². The molecule has 1 amide bonds. The van der Waals surface area contributed by atoms with Crippen LogP contribution < -0.4 is 5.32 Å². The predicted octanol–water partition coefficient (Wildman–Crippen LogP) is 1.22. The van der Waals surface area contributed by atoms with Crippen LogP contribution in [0.3, 0.4) is 0 Å². The minimum absolute atomic E-state index is 0. The number of amides is 1. The predicted molar refractivity (Wildman–Crippen MR) is 104 cm³/mol. The number of nitrogens with one attached hydrogen (secondary N) is 1. The average Bonchev–Trinajstić information content (AvgIpc) is 3.41. The van der Waals surface area contributed by atoms with Crippen LogP contribution in [0.1, 0.15) is 24.5 Å². The summed E-state index contributed by atoms with van der Waals surface area (Å²) in [5.74, 6) is 0.842. The first-order valence-corrected chi connectivity index (χ1v) is 8.17. The summed E-state index contributed by atoms with van der Waals surface area (Å²) >= 11 is 0. The first kappa shape index (κ1) is 19.0. The van der Waals surface area contributed by atoms with Gasteiger partial charge in [-0.25, -0.2) is 0 Å². The van der Waals surface area contributed by atoms with Crippen molar-refractivity contribution in [2.45, 2.75) is 25.0 Å². The van der Waals surface area contributed by atoms with E-state index in [4.69, 9.17) is 0 Å². The van der Waals surface area contributed by atoms with Crippen LogP contribution in [-0.2, 0) is 4.79 Å². The fourth-order valence-electron chi connectivity index (χ4n) is 2.95. The second-order valence-electron chi connectivity index (χ2n) is 6.09. The van der Waals surface area contributed by atoms with Crippen LogP contribution in [0.5, 0.6) is 0 Å². The SMILES string of the molecule is CN=C(NCC(O)c1ccccc1)N1CCN(C2CC2)C(=O)C1.I. The van der Waals surface area contributed by atoms with Crippen molar-refractivity contribution in [3.05, 3.63) is 35.9 Å². The Kier molecular flexibility index (Phi) is 6.85. The number of guanidine groups is 1. The number of carbonyl (C=O) groups is 1. The fourth-order valence-corrected chi connectivity index (χ4v) is 2.95. The molecule has 1 saturated carbocycles. The Morgan fingerprint density at radius 3 is 2.62 bits per heavy atom. The number of aliphatic imine (C=N–C) groups is 1. The molecule has 1 saturated heterocycles. The highest BCUT2D eigenvalue weighted by Crippen LogP contribution is 2.28. The molecule has 0 bridgehead atoms. The number of rotatable bonds is 4. The number of hydrogen-bond acceptors (Lipinski definition) is 3. The maximum atomic E-state index is 12.2. The van der Waals surface area contributed by atoms with Crippen LogP contribution in [-0.4, -0.2) is 66.0 Å². The van der Waals surface area contributed by atoms with E-state index in [1.807, 2.05) is 40.1 Å². The van der Waals surface area contributed by atoms with E-state index < -0.39 is 6.10 Å². The molecule has 1 heterocycles. The molecular formula is C17H25IN4O2. The molecule has 1 aromatic carbocycles. The summed E-state index contributed by atoms with van der Waals surface area (Å²) in [6.07, 6.45) is 1.68. The van der Waals surface area contributed by atoms with Crippen LogP contribution in [0.2, 0.25) is 0 Å². The third kappa shape index (κ3) is 4.60. The van der Waals surface area contributed by atoms with E-state index in [9.17, 15) is 9.90 Å². The Balaban J connectivity index is 0.00000208. The van der Waals surface area contributed by atoms with Gasteiger partial charge < -0.3 is 20.2 Å². The molecule has 2 N–H and O–H groups in total. The first-order valence-electron chi connectivity index (χ1n) is 8.17. The Labute approximate surface area is 159 Å². The number of hydrogen-bond donors (Lipinski definition) is 2. The van der Waals surface area contributed by atoms with Crippen molar-refractivity contribution >= 4 is 35.8 Å². The van der Waals surface area contributed by atoms with Crippen LogP contribution in [0, 0.1) is 0 Å². The van der Waals surface area contributed by atoms with Crippen molar-refractivity contribution in [2.75, 3.05) is 33.2 Å². The summed E-state index contributed by atoms with van der Waals surface area (Å²) in [5, 5.41) is 13.4. The summed E-state index contributed by atoms with van der Waals surface area (Å²) in [5.41, 5.74) is 0.866. The largest absolute Gasteiger partial charge is 0.387 e. The van der Waals surface area contributed by atoms with Crippen molar-refractivity contribution in [1.29, 1.82) is 0 Å². The number of carbonyl (C=O) groups excluding carboxylic acids is 1. The van der Waals surface area contributed by atoms with Crippen molar-refractivity contribution in [2.24, 2.45) is 4.99 Å². The monoisotopic (exact) mass is 444 g/mol. The number of piperazine rings is 1. The minimum Gasteiger partial charge on any atom is -0.387 e. The molecule has 1 atom stereocenters. The van der Waals surface area contributed by atoms with Crippen LogP contribution in [0.15, 0.2) is 35.3 Å². The maximum Gasteiger partial charge on any atom is 0.242 e. The number of aliphatic hydroxyl groups excluding tert-OH is 1. The highest BCUT2D eigenvalue weighted by Gasteiger charge is 2.36. The third-order valence-electron chi connectivity index (χ3n) is 4.39. The lowest BCUT2D eigenvalue weighted by molar-refractivity contribution is -0.135. The molecule has 132 valence electrons. The summed E-state index contributed by atoms with van der Waals surface area (Å²) in [4.78, 5) is 20.4. The Bertz CT molecular complexity index is 577. The molecule has 1 aliphatic heterocycles. The van der Waals surface area contributed by atoms with Gasteiger partial charge in [-0.1, -0.05) is 30.3 Å². The second-order valence-corrected chi connectivity index (χ2v) is 6.09. The third-order valence-corrected chi connectivity index (χ3v) is 4.39. The number of benzene rings is 1. The van der Waals surface area contributed by atoms with E-state index >= 15 is 0 Å². The topological polar surface area (TPSA) is 68.2 Å². The molecule has 1 aliphatic carbocycles. The van der Waals surface area contributed by atoms with Gasteiger partial charge in [0, 0.05) is 32.7 Å². The standard InChI is InChI=1S/C17H24N4O2.HI/c1-18-17(19-11-15(22)13-5-3-2-4-6-13)20-9-10-21(14-7-8-14)16(23)12-20;/h2-6,14-15,22H,7-12H2,1H3,(H,18,19);1H. The summed E-state index contributed by atoms with van der Waals surface area (Å²) in [6, 6.07) is 10.00. The molecular weight excluding hydrogens is 419 g/mol. The van der Waals surface area contributed by atoms with E-state index in [0.717, 1.165) is 31.5 Å². The zero-order valence-corrected chi connectivity index (χ0v) is 16.2. The lowest BCUT2D eigenvalue weighted by Crippen LogP contribution is -2.56. The number of nitrogens with zero attached hydrogens (tertiary/aromatic N) is 3. The lowest BCUT2D eigenvalue weighted by atomic mass is 10.1. The van der Waals surface area contributed by atoms with Gasteiger partial charge in [-0.05, 0) is 18.4 Å². The lowest BCUT2D eigenvalue weighted by Gasteiger charge is -2.36. The van der Waals surface area contributed by atoms with Gasteiger partial charge in [0.05, 0.1) is 12.6 Å². The van der Waals surface area contributed by atoms with Crippen molar-refractivity contribution in [3.63, 3.8) is 0 Å². The Morgan fingerprint density at radius 1 is 1.33 bits per heavy atom. The average molecular weight is 444 g/mol. The highest BCUT2D eigenvalue weighted by molar-refractivity contribution is 14.0.